The Hall–Kier alpha value is -1.60. The van der Waals surface area contributed by atoms with E-state index in [1.807, 2.05) is 6.08 Å². The number of unbranched alkanes of at least 4 members (excludes halogenated alkanes) is 47. The molecule has 468 valence electrons. The van der Waals surface area contributed by atoms with E-state index in [0.717, 1.165) is 51.4 Å². The van der Waals surface area contributed by atoms with Crippen LogP contribution in [-0.2, 0) is 23.8 Å². The summed E-state index contributed by atoms with van der Waals surface area (Å²) in [5, 5.41) is 54.3. The molecule has 1 rings (SSSR count). The molecule has 0 aromatic rings. The lowest BCUT2D eigenvalue weighted by Crippen LogP contribution is -2.60. The van der Waals surface area contributed by atoms with Crippen LogP contribution in [0.25, 0.3) is 0 Å². The third-order valence-corrected chi connectivity index (χ3v) is 16.7. The summed E-state index contributed by atoms with van der Waals surface area (Å²) in [6, 6.07) is -0.805. The highest BCUT2D eigenvalue weighted by molar-refractivity contribution is 5.76. The Balaban J connectivity index is 1.91. The van der Waals surface area contributed by atoms with Gasteiger partial charge in [0.25, 0.3) is 0 Å². The fraction of sp³-hybridized carbons (Fsp3) is 0.941. The van der Waals surface area contributed by atoms with E-state index in [0.29, 0.717) is 19.4 Å². The molecule has 0 saturated carbocycles. The van der Waals surface area contributed by atoms with Crippen molar-refractivity contribution in [2.75, 3.05) is 19.8 Å². The highest BCUT2D eigenvalue weighted by atomic mass is 16.7. The third kappa shape index (κ3) is 47.5. The van der Waals surface area contributed by atoms with Gasteiger partial charge < -0.3 is 45.1 Å². The Bertz CT molecular complexity index is 1320. The number of hydrogen-bond acceptors (Lipinski definition) is 10. The minimum atomic E-state index is -1.57. The summed E-state index contributed by atoms with van der Waals surface area (Å²) >= 11 is 0. The van der Waals surface area contributed by atoms with Gasteiger partial charge in [0, 0.05) is 12.8 Å². The molecule has 0 aromatic carbocycles. The maximum Gasteiger partial charge on any atom is 0.305 e. The lowest BCUT2D eigenvalue weighted by molar-refractivity contribution is -0.302. The van der Waals surface area contributed by atoms with Gasteiger partial charge in [0.2, 0.25) is 5.91 Å². The first-order valence-electron chi connectivity index (χ1n) is 34.5. The maximum absolute atomic E-state index is 13.0. The highest BCUT2D eigenvalue weighted by Crippen LogP contribution is 2.23. The fourth-order valence-electron chi connectivity index (χ4n) is 11.2. The molecule has 0 spiro atoms. The van der Waals surface area contributed by atoms with Gasteiger partial charge >= 0.3 is 5.97 Å². The van der Waals surface area contributed by atoms with Crippen molar-refractivity contribution in [3.05, 3.63) is 12.2 Å². The SMILES string of the molecule is CCCCCCCCC/C=C/C(O)C(COC1OC(CO)C(O)C(O)C1O)NC(=O)CCCCCCCCCCCCCCCCCCCCCCCCCCCCCCCOC(=O)CCCCCCCCCCCCCCC. The average Bonchev–Trinajstić information content (AvgIpc) is 3.49. The zero-order chi connectivity index (χ0) is 57.3. The second-order valence-electron chi connectivity index (χ2n) is 24.2. The average molecular weight is 1120 g/mol. The molecule has 0 bridgehead atoms. The number of nitrogens with one attached hydrogen (secondary N) is 1. The molecule has 0 aromatic heterocycles. The molecule has 6 N–H and O–H groups in total. The summed E-state index contributed by atoms with van der Waals surface area (Å²) < 4.78 is 16.7. The number of hydrogen-bond donors (Lipinski definition) is 6. The van der Waals surface area contributed by atoms with Gasteiger partial charge in [-0.3, -0.25) is 9.59 Å². The van der Waals surface area contributed by atoms with Crippen LogP contribution in [0.4, 0.5) is 0 Å². The van der Waals surface area contributed by atoms with Crippen LogP contribution in [0.2, 0.25) is 0 Å². The van der Waals surface area contributed by atoms with E-state index in [1.165, 1.54) is 270 Å². The van der Waals surface area contributed by atoms with Crippen LogP contribution < -0.4 is 5.32 Å². The second-order valence-corrected chi connectivity index (χ2v) is 24.2. The van der Waals surface area contributed by atoms with Crippen molar-refractivity contribution in [1.82, 2.24) is 5.32 Å². The Labute approximate surface area is 487 Å². The van der Waals surface area contributed by atoms with Gasteiger partial charge in [-0.15, -0.1) is 0 Å². The molecule has 7 atom stereocenters. The molecule has 1 aliphatic rings. The predicted octanol–water partition coefficient (Wildman–Crippen LogP) is 17.1. The Morgan fingerprint density at radius 1 is 0.456 bits per heavy atom. The van der Waals surface area contributed by atoms with Gasteiger partial charge in [-0.1, -0.05) is 315 Å². The normalized spacial score (nSPS) is 18.4. The summed E-state index contributed by atoms with van der Waals surface area (Å²) in [6.07, 6.45) is 60.7. The predicted molar refractivity (Wildman–Crippen MR) is 329 cm³/mol. The van der Waals surface area contributed by atoms with E-state index in [-0.39, 0.29) is 18.5 Å². The molecule has 0 radical (unpaired) electrons. The summed E-state index contributed by atoms with van der Waals surface area (Å²) in [7, 11) is 0. The monoisotopic (exact) mass is 1120 g/mol. The zero-order valence-electron chi connectivity index (χ0n) is 51.9. The summed E-state index contributed by atoms with van der Waals surface area (Å²) in [5.41, 5.74) is 0. The molecule has 1 saturated heterocycles. The van der Waals surface area contributed by atoms with E-state index in [9.17, 15) is 35.1 Å². The van der Waals surface area contributed by atoms with Crippen molar-refractivity contribution >= 4 is 11.9 Å². The zero-order valence-corrected chi connectivity index (χ0v) is 51.9. The number of carbonyl (C=O) groups is 2. The molecule has 79 heavy (non-hydrogen) atoms. The lowest BCUT2D eigenvalue weighted by atomic mass is 9.99. The number of carbonyl (C=O) groups excluding carboxylic acids is 2. The summed E-state index contributed by atoms with van der Waals surface area (Å²) in [4.78, 5) is 25.1. The molecule has 1 fully saturated rings. The van der Waals surface area contributed by atoms with Gasteiger partial charge in [-0.25, -0.2) is 0 Å². The van der Waals surface area contributed by atoms with Gasteiger partial charge in [0.05, 0.1) is 32.0 Å². The van der Waals surface area contributed by atoms with Gasteiger partial charge in [-0.05, 0) is 32.1 Å². The van der Waals surface area contributed by atoms with Crippen LogP contribution in [0.1, 0.15) is 348 Å². The largest absolute Gasteiger partial charge is 0.466 e. The molecule has 0 aliphatic carbocycles. The number of allylic oxidation sites excluding steroid dienone is 1. The minimum Gasteiger partial charge on any atom is -0.466 e. The summed E-state index contributed by atoms with van der Waals surface area (Å²) in [6.45, 7) is 4.35. The minimum absolute atomic E-state index is 0.0130. The van der Waals surface area contributed by atoms with E-state index in [2.05, 4.69) is 19.2 Å². The Morgan fingerprint density at radius 3 is 1.18 bits per heavy atom. The van der Waals surface area contributed by atoms with Crippen LogP contribution >= 0.6 is 0 Å². The topological polar surface area (TPSA) is 175 Å². The molecule has 11 nitrogen and oxygen atoms in total. The van der Waals surface area contributed by atoms with Crippen molar-refractivity contribution in [2.45, 2.75) is 391 Å². The molecule has 1 heterocycles. The number of aliphatic hydroxyl groups excluding tert-OH is 5. The molecule has 1 aliphatic heterocycles. The number of aliphatic hydroxyl groups is 5. The van der Waals surface area contributed by atoms with Crippen LogP contribution in [0.5, 0.6) is 0 Å². The van der Waals surface area contributed by atoms with Gasteiger partial charge in [0.15, 0.2) is 6.29 Å². The molecule has 7 unspecified atom stereocenters. The number of rotatable bonds is 61. The van der Waals surface area contributed by atoms with E-state index in [4.69, 9.17) is 14.2 Å². The van der Waals surface area contributed by atoms with Crippen LogP contribution in [0.3, 0.4) is 0 Å². The number of esters is 1. The Morgan fingerprint density at radius 2 is 0.797 bits per heavy atom. The maximum atomic E-state index is 13.0. The second kappa shape index (κ2) is 58.2. The van der Waals surface area contributed by atoms with Crippen molar-refractivity contribution < 1.29 is 49.3 Å². The van der Waals surface area contributed by atoms with E-state index in [1.54, 1.807) is 6.08 Å². The Kier molecular flexibility index (Phi) is 55.5. The first-order chi connectivity index (χ1) is 38.7. The van der Waals surface area contributed by atoms with Crippen molar-refractivity contribution in [3.8, 4) is 0 Å². The summed E-state index contributed by atoms with van der Waals surface area (Å²) in [5.74, 6) is -0.165. The third-order valence-electron chi connectivity index (χ3n) is 16.7. The molecular formula is C68H131NO10. The van der Waals surface area contributed by atoms with E-state index < -0.39 is 49.5 Å². The van der Waals surface area contributed by atoms with Crippen molar-refractivity contribution in [3.63, 3.8) is 0 Å². The van der Waals surface area contributed by atoms with Crippen LogP contribution in [-0.4, -0.2) is 100 Å². The van der Waals surface area contributed by atoms with Crippen molar-refractivity contribution in [1.29, 1.82) is 0 Å². The quantitative estimate of drug-likeness (QED) is 0.0195. The molecule has 1 amide bonds. The first-order valence-corrected chi connectivity index (χ1v) is 34.5. The molecular weight excluding hydrogens is 991 g/mol. The number of ether oxygens (including phenoxy) is 3. The van der Waals surface area contributed by atoms with E-state index >= 15 is 0 Å². The number of amides is 1. The standard InChI is InChI=1S/C68H131NO10/c1-3-5-7-9-11-13-14-32-36-40-44-48-52-56-64(73)77-57-53-49-45-41-37-34-31-29-27-25-23-21-19-17-15-16-18-20-22-24-26-28-30-33-35-39-43-47-51-55-63(72)69-60(61(71)54-50-46-42-38-12-10-8-6-4-2)59-78-68-67(76)66(75)65(74)62(58-70)79-68/h50,54,60-62,65-68,70-71,74-76H,3-49,51-53,55-59H2,1-2H3,(H,69,72)/b54-50+. The van der Waals surface area contributed by atoms with Gasteiger partial charge in [0.1, 0.15) is 24.4 Å². The highest BCUT2D eigenvalue weighted by Gasteiger charge is 2.44. The van der Waals surface area contributed by atoms with Crippen molar-refractivity contribution in [2.24, 2.45) is 0 Å². The fourth-order valence-corrected chi connectivity index (χ4v) is 11.2. The van der Waals surface area contributed by atoms with Crippen LogP contribution in [0.15, 0.2) is 12.2 Å². The van der Waals surface area contributed by atoms with Crippen LogP contribution in [0, 0.1) is 0 Å². The molecule has 11 heteroatoms. The first kappa shape index (κ1) is 75.4. The van der Waals surface area contributed by atoms with Gasteiger partial charge in [-0.2, -0.15) is 0 Å². The smallest absolute Gasteiger partial charge is 0.305 e. The lowest BCUT2D eigenvalue weighted by Gasteiger charge is -2.40.